The Morgan fingerprint density at radius 3 is 1.80 bits per heavy atom. The molecule has 0 spiro atoms. The van der Waals surface area contributed by atoms with E-state index in [9.17, 15) is 0 Å². The first-order chi connectivity index (χ1) is 7.24. The van der Waals surface area contributed by atoms with E-state index in [1.165, 1.54) is 0 Å². The summed E-state index contributed by atoms with van der Waals surface area (Å²) in [5, 5.41) is 0. The molecular formula is C12H21ClOSi. The van der Waals surface area contributed by atoms with Crippen molar-refractivity contribution < 1.29 is 4.74 Å². The molecule has 0 aromatic rings. The number of ether oxygens (including phenoxy) is 1. The molecule has 0 amide bonds. The van der Waals surface area contributed by atoms with Gasteiger partial charge in [-0.3, -0.25) is 0 Å². The molecule has 15 heavy (non-hydrogen) atoms. The van der Waals surface area contributed by atoms with Crippen LogP contribution in [0.1, 0.15) is 0 Å². The Balaban J connectivity index is 4.36. The smallest absolute Gasteiger partial charge is 0.120 e. The van der Waals surface area contributed by atoms with Gasteiger partial charge in [0.1, 0.15) is 6.07 Å². The molecule has 0 bridgehead atoms. The second-order valence-corrected chi connectivity index (χ2v) is 8.69. The van der Waals surface area contributed by atoms with Crippen LogP contribution < -0.4 is 0 Å². The Morgan fingerprint density at radius 2 is 1.47 bits per heavy atom. The van der Waals surface area contributed by atoms with Crippen LogP contribution in [0.15, 0.2) is 38.0 Å². The SMILES string of the molecule is C=CC[Si](CC=C)(CC=C)CCOCCl. The van der Waals surface area contributed by atoms with Crippen LogP contribution in [0.25, 0.3) is 0 Å². The molecule has 0 aromatic carbocycles. The average Bonchev–Trinajstić information content (AvgIpc) is 2.19. The highest BCUT2D eigenvalue weighted by Crippen LogP contribution is 2.27. The molecule has 0 radical (unpaired) electrons. The zero-order valence-electron chi connectivity index (χ0n) is 9.38. The molecule has 0 aliphatic rings. The molecule has 0 unspecified atom stereocenters. The molecule has 0 saturated heterocycles. The third kappa shape index (κ3) is 5.98. The van der Waals surface area contributed by atoms with Gasteiger partial charge in [0.25, 0.3) is 0 Å². The molecule has 0 aromatic heterocycles. The summed E-state index contributed by atoms with van der Waals surface area (Å²) in [5.41, 5.74) is 0. The second-order valence-electron chi connectivity index (χ2n) is 3.75. The van der Waals surface area contributed by atoms with Crippen LogP contribution >= 0.6 is 11.6 Å². The van der Waals surface area contributed by atoms with Crippen molar-refractivity contribution in [2.24, 2.45) is 0 Å². The predicted molar refractivity (Wildman–Crippen MR) is 72.2 cm³/mol. The van der Waals surface area contributed by atoms with Crippen molar-refractivity contribution in [3.05, 3.63) is 38.0 Å². The number of allylic oxidation sites excluding steroid dienone is 3. The van der Waals surface area contributed by atoms with Gasteiger partial charge in [0.15, 0.2) is 0 Å². The van der Waals surface area contributed by atoms with Gasteiger partial charge < -0.3 is 4.74 Å². The second kappa shape index (κ2) is 8.95. The highest BCUT2D eigenvalue weighted by molar-refractivity contribution is 6.81. The molecule has 3 heteroatoms. The van der Waals surface area contributed by atoms with Gasteiger partial charge in [0.05, 0.1) is 8.07 Å². The third-order valence-electron chi connectivity index (χ3n) is 2.59. The van der Waals surface area contributed by atoms with Gasteiger partial charge in [-0.1, -0.05) is 29.8 Å². The number of rotatable bonds is 10. The Morgan fingerprint density at radius 1 is 1.00 bits per heavy atom. The van der Waals surface area contributed by atoms with Crippen molar-refractivity contribution in [3.63, 3.8) is 0 Å². The van der Waals surface area contributed by atoms with E-state index in [0.29, 0.717) is 0 Å². The number of hydrogen-bond acceptors (Lipinski definition) is 1. The van der Waals surface area contributed by atoms with Crippen LogP contribution in [-0.4, -0.2) is 20.7 Å². The van der Waals surface area contributed by atoms with E-state index in [4.69, 9.17) is 16.3 Å². The summed E-state index contributed by atoms with van der Waals surface area (Å²) >= 11 is 5.49. The van der Waals surface area contributed by atoms with E-state index >= 15 is 0 Å². The first-order valence-electron chi connectivity index (χ1n) is 5.21. The van der Waals surface area contributed by atoms with Crippen molar-refractivity contribution in [3.8, 4) is 0 Å². The fraction of sp³-hybridized carbons (Fsp3) is 0.500. The molecule has 0 heterocycles. The van der Waals surface area contributed by atoms with Gasteiger partial charge in [0.2, 0.25) is 0 Å². The van der Waals surface area contributed by atoms with Gasteiger partial charge in [-0.15, -0.1) is 19.7 Å². The minimum Gasteiger partial charge on any atom is -0.366 e. The van der Waals surface area contributed by atoms with E-state index in [1.54, 1.807) is 0 Å². The van der Waals surface area contributed by atoms with Gasteiger partial charge in [-0.05, 0) is 24.2 Å². The van der Waals surface area contributed by atoms with E-state index in [-0.39, 0.29) is 6.07 Å². The zero-order valence-corrected chi connectivity index (χ0v) is 11.1. The molecule has 0 saturated carbocycles. The molecule has 0 rings (SSSR count). The van der Waals surface area contributed by atoms with Crippen LogP contribution in [0.5, 0.6) is 0 Å². The predicted octanol–water partition coefficient (Wildman–Crippen LogP) is 4.21. The summed E-state index contributed by atoms with van der Waals surface area (Å²) in [7, 11) is -1.37. The molecule has 0 N–H and O–H groups in total. The topological polar surface area (TPSA) is 9.23 Å². The Labute approximate surface area is 99.5 Å². The fourth-order valence-corrected chi connectivity index (χ4v) is 5.45. The number of hydrogen-bond donors (Lipinski definition) is 0. The number of alkyl halides is 1. The highest BCUT2D eigenvalue weighted by Gasteiger charge is 2.28. The Bertz CT molecular complexity index is 177. The van der Waals surface area contributed by atoms with E-state index in [0.717, 1.165) is 30.8 Å². The zero-order chi connectivity index (χ0) is 11.6. The lowest BCUT2D eigenvalue weighted by molar-refractivity contribution is 0.194. The first-order valence-corrected chi connectivity index (χ1v) is 8.57. The van der Waals surface area contributed by atoms with Crippen LogP contribution in [0.4, 0.5) is 0 Å². The minimum absolute atomic E-state index is 0.279. The van der Waals surface area contributed by atoms with Gasteiger partial charge in [-0.2, -0.15) is 0 Å². The molecule has 0 atom stereocenters. The van der Waals surface area contributed by atoms with Crippen LogP contribution in [-0.2, 0) is 4.74 Å². The summed E-state index contributed by atoms with van der Waals surface area (Å²) in [4.78, 5) is 0. The van der Waals surface area contributed by atoms with E-state index < -0.39 is 8.07 Å². The summed E-state index contributed by atoms with van der Waals surface area (Å²) in [6.45, 7) is 12.3. The normalized spacial score (nSPS) is 11.0. The maximum atomic E-state index is 5.49. The minimum atomic E-state index is -1.37. The lowest BCUT2D eigenvalue weighted by atomic mass is 10.7. The maximum Gasteiger partial charge on any atom is 0.120 e. The summed E-state index contributed by atoms with van der Waals surface area (Å²) in [6, 6.07) is 4.66. The largest absolute Gasteiger partial charge is 0.366 e. The first kappa shape index (κ1) is 14.7. The van der Waals surface area contributed by atoms with Gasteiger partial charge in [-0.25, -0.2) is 0 Å². The highest BCUT2D eigenvalue weighted by atomic mass is 35.5. The maximum absolute atomic E-state index is 5.49. The van der Waals surface area contributed by atoms with Gasteiger partial charge in [0, 0.05) is 6.61 Å². The monoisotopic (exact) mass is 244 g/mol. The molecule has 0 aliphatic carbocycles. The van der Waals surface area contributed by atoms with Crippen LogP contribution in [0.3, 0.4) is 0 Å². The Hall–Kier alpha value is -0.313. The lowest BCUT2D eigenvalue weighted by Gasteiger charge is -2.28. The van der Waals surface area contributed by atoms with Crippen molar-refractivity contribution in [1.82, 2.24) is 0 Å². The summed E-state index contributed by atoms with van der Waals surface area (Å²) in [5.74, 6) is 0. The quantitative estimate of drug-likeness (QED) is 0.242. The molecular weight excluding hydrogens is 224 g/mol. The molecule has 0 aliphatic heterocycles. The Kier molecular flexibility index (Phi) is 8.77. The molecule has 86 valence electrons. The van der Waals surface area contributed by atoms with Crippen LogP contribution in [0, 0.1) is 0 Å². The molecule has 0 fully saturated rings. The standard InChI is InChI=1S/C12H21ClOSi/c1-4-8-15(9-5-2,10-6-3)11-7-14-12-13/h4-6H,1-3,7-12H2. The summed E-state index contributed by atoms with van der Waals surface area (Å²) in [6.07, 6.45) is 6.04. The van der Waals surface area contributed by atoms with Gasteiger partial charge >= 0.3 is 0 Å². The molecule has 1 nitrogen and oxygen atoms in total. The van der Waals surface area contributed by atoms with Crippen molar-refractivity contribution in [2.45, 2.75) is 24.2 Å². The fourth-order valence-electron chi connectivity index (χ4n) is 1.82. The van der Waals surface area contributed by atoms with Crippen molar-refractivity contribution in [2.75, 3.05) is 12.7 Å². The van der Waals surface area contributed by atoms with E-state index in [2.05, 4.69) is 19.7 Å². The van der Waals surface area contributed by atoms with E-state index in [1.807, 2.05) is 18.2 Å². The third-order valence-corrected chi connectivity index (χ3v) is 7.47. The average molecular weight is 245 g/mol. The lowest BCUT2D eigenvalue weighted by Crippen LogP contribution is -2.33. The van der Waals surface area contributed by atoms with Crippen molar-refractivity contribution in [1.29, 1.82) is 0 Å². The van der Waals surface area contributed by atoms with Crippen molar-refractivity contribution >= 4 is 19.7 Å². The van der Waals surface area contributed by atoms with Crippen LogP contribution in [0.2, 0.25) is 24.2 Å². The number of halogens is 1. The summed E-state index contributed by atoms with van der Waals surface area (Å²) < 4.78 is 5.23.